The van der Waals surface area contributed by atoms with Gasteiger partial charge >= 0.3 is 0 Å². The molecule has 0 unspecified atom stereocenters. The molecule has 1 aromatic heterocycles. The Morgan fingerprint density at radius 3 is 2.57 bits per heavy atom. The standard InChI is InChI=1S/C19H14FN3O3S2/c1-27-18-9-6-12(11-21-18)22-19(24)14-10-13(23(25)26)7-8-16(14)28-17-5-3-2-4-15(17)20/h2-11H,1H3,(H,22,24). The molecule has 28 heavy (non-hydrogen) atoms. The Morgan fingerprint density at radius 1 is 1.14 bits per heavy atom. The van der Waals surface area contributed by atoms with Crippen LogP contribution in [-0.4, -0.2) is 22.1 Å². The van der Waals surface area contributed by atoms with Gasteiger partial charge in [-0.1, -0.05) is 23.9 Å². The first-order chi connectivity index (χ1) is 13.5. The molecule has 0 saturated carbocycles. The summed E-state index contributed by atoms with van der Waals surface area (Å²) in [7, 11) is 0. The van der Waals surface area contributed by atoms with Gasteiger partial charge in [0, 0.05) is 21.9 Å². The summed E-state index contributed by atoms with van der Waals surface area (Å²) in [6, 6.07) is 13.5. The minimum absolute atomic E-state index is 0.0800. The maximum atomic E-state index is 14.0. The summed E-state index contributed by atoms with van der Waals surface area (Å²) in [4.78, 5) is 28.2. The monoisotopic (exact) mass is 415 g/mol. The second-order valence-electron chi connectivity index (χ2n) is 5.51. The van der Waals surface area contributed by atoms with Crippen LogP contribution in [0.1, 0.15) is 10.4 Å². The molecule has 0 atom stereocenters. The lowest BCUT2D eigenvalue weighted by molar-refractivity contribution is -0.384. The number of non-ortho nitro benzene ring substituents is 1. The lowest BCUT2D eigenvalue weighted by Gasteiger charge is -2.11. The fourth-order valence-electron chi connectivity index (χ4n) is 2.32. The molecule has 2 aromatic carbocycles. The van der Waals surface area contributed by atoms with Crippen molar-refractivity contribution in [2.24, 2.45) is 0 Å². The number of benzene rings is 2. The van der Waals surface area contributed by atoms with Crippen LogP contribution in [0.3, 0.4) is 0 Å². The molecular weight excluding hydrogens is 401 g/mol. The van der Waals surface area contributed by atoms with Crippen LogP contribution in [0.25, 0.3) is 0 Å². The van der Waals surface area contributed by atoms with Crippen molar-refractivity contribution in [1.29, 1.82) is 0 Å². The quantitative estimate of drug-likeness (QED) is 0.336. The molecule has 3 rings (SSSR count). The fraction of sp³-hybridized carbons (Fsp3) is 0.0526. The molecular formula is C19H14FN3O3S2. The Labute approximate surface area is 168 Å². The second-order valence-corrected chi connectivity index (χ2v) is 7.42. The van der Waals surface area contributed by atoms with Gasteiger partial charge in [0.1, 0.15) is 5.82 Å². The first-order valence-electron chi connectivity index (χ1n) is 8.00. The number of rotatable bonds is 6. The Kier molecular flexibility index (Phi) is 6.27. The lowest BCUT2D eigenvalue weighted by Crippen LogP contribution is -2.13. The van der Waals surface area contributed by atoms with Crippen LogP contribution in [0, 0.1) is 15.9 Å². The zero-order valence-corrected chi connectivity index (χ0v) is 16.2. The molecule has 0 bridgehead atoms. The number of carbonyl (C=O) groups excluding carboxylic acids is 1. The molecule has 1 heterocycles. The molecule has 3 aromatic rings. The number of carbonyl (C=O) groups is 1. The van der Waals surface area contributed by atoms with Crippen molar-refractivity contribution in [1.82, 2.24) is 4.98 Å². The lowest BCUT2D eigenvalue weighted by atomic mass is 10.2. The summed E-state index contributed by atoms with van der Waals surface area (Å²) in [6.45, 7) is 0. The van der Waals surface area contributed by atoms with Gasteiger partial charge in [-0.3, -0.25) is 14.9 Å². The Bertz CT molecular complexity index is 1030. The minimum Gasteiger partial charge on any atom is -0.321 e. The molecule has 0 aliphatic heterocycles. The number of nitrogens with one attached hydrogen (secondary N) is 1. The molecule has 0 radical (unpaired) electrons. The molecule has 0 aliphatic carbocycles. The summed E-state index contributed by atoms with van der Waals surface area (Å²) in [5, 5.41) is 14.6. The molecule has 142 valence electrons. The van der Waals surface area contributed by atoms with E-state index in [0.29, 0.717) is 15.5 Å². The van der Waals surface area contributed by atoms with E-state index < -0.39 is 16.6 Å². The van der Waals surface area contributed by atoms with Crippen molar-refractivity contribution in [3.8, 4) is 0 Å². The molecule has 6 nitrogen and oxygen atoms in total. The topological polar surface area (TPSA) is 85.1 Å². The van der Waals surface area contributed by atoms with Crippen LogP contribution in [0.4, 0.5) is 15.8 Å². The number of amides is 1. The van der Waals surface area contributed by atoms with Gasteiger partial charge in [0.2, 0.25) is 0 Å². The van der Waals surface area contributed by atoms with E-state index in [1.54, 1.807) is 30.3 Å². The number of thioether (sulfide) groups is 1. The third-order valence-electron chi connectivity index (χ3n) is 3.68. The summed E-state index contributed by atoms with van der Waals surface area (Å²) >= 11 is 2.49. The average Bonchev–Trinajstić information content (AvgIpc) is 2.70. The first kappa shape index (κ1) is 19.8. The number of hydrogen-bond acceptors (Lipinski definition) is 6. The predicted octanol–water partition coefficient (Wildman–Crippen LogP) is 5.25. The summed E-state index contributed by atoms with van der Waals surface area (Å²) in [6.07, 6.45) is 3.39. The van der Waals surface area contributed by atoms with E-state index in [1.807, 2.05) is 6.26 Å². The van der Waals surface area contributed by atoms with Gasteiger partial charge in [0.15, 0.2) is 0 Å². The largest absolute Gasteiger partial charge is 0.321 e. The number of nitrogens with zero attached hydrogens (tertiary/aromatic N) is 2. The number of aromatic nitrogens is 1. The second kappa shape index (κ2) is 8.85. The highest BCUT2D eigenvalue weighted by Gasteiger charge is 2.19. The highest BCUT2D eigenvalue weighted by Crippen LogP contribution is 2.34. The maximum absolute atomic E-state index is 14.0. The van der Waals surface area contributed by atoms with E-state index >= 15 is 0 Å². The van der Waals surface area contributed by atoms with E-state index in [1.165, 1.54) is 42.2 Å². The van der Waals surface area contributed by atoms with Gasteiger partial charge < -0.3 is 5.32 Å². The predicted molar refractivity (Wildman–Crippen MR) is 108 cm³/mol. The summed E-state index contributed by atoms with van der Waals surface area (Å²) < 4.78 is 14.0. The van der Waals surface area contributed by atoms with Gasteiger partial charge in [0.05, 0.1) is 27.4 Å². The van der Waals surface area contributed by atoms with E-state index in [9.17, 15) is 19.3 Å². The van der Waals surface area contributed by atoms with Crippen molar-refractivity contribution >= 4 is 40.8 Å². The molecule has 1 N–H and O–H groups in total. The van der Waals surface area contributed by atoms with Gasteiger partial charge in [-0.15, -0.1) is 11.8 Å². The number of anilines is 1. The van der Waals surface area contributed by atoms with Crippen LogP contribution >= 0.6 is 23.5 Å². The SMILES string of the molecule is CSc1ccc(NC(=O)c2cc([N+](=O)[O-])ccc2Sc2ccccc2F)cn1. The Hall–Kier alpha value is -2.91. The van der Waals surface area contributed by atoms with Crippen molar-refractivity contribution in [2.45, 2.75) is 14.8 Å². The Balaban J connectivity index is 1.93. The summed E-state index contributed by atoms with van der Waals surface area (Å²) in [5.74, 6) is -0.977. The van der Waals surface area contributed by atoms with E-state index in [-0.39, 0.29) is 11.3 Å². The number of nitro benzene ring substituents is 1. The van der Waals surface area contributed by atoms with E-state index in [0.717, 1.165) is 16.8 Å². The van der Waals surface area contributed by atoms with Gasteiger partial charge in [-0.05, 0) is 36.6 Å². The third-order valence-corrected chi connectivity index (χ3v) is 5.47. The number of pyridine rings is 1. The fourth-order valence-corrected chi connectivity index (χ4v) is 3.63. The molecule has 0 aliphatic rings. The average molecular weight is 415 g/mol. The van der Waals surface area contributed by atoms with E-state index in [4.69, 9.17) is 0 Å². The molecule has 0 saturated heterocycles. The smallest absolute Gasteiger partial charge is 0.270 e. The van der Waals surface area contributed by atoms with E-state index in [2.05, 4.69) is 10.3 Å². The zero-order valence-electron chi connectivity index (χ0n) is 14.6. The van der Waals surface area contributed by atoms with Crippen molar-refractivity contribution in [2.75, 3.05) is 11.6 Å². The minimum atomic E-state index is -0.580. The number of nitro groups is 1. The Morgan fingerprint density at radius 2 is 1.93 bits per heavy atom. The van der Waals surface area contributed by atoms with Crippen molar-refractivity contribution < 1.29 is 14.1 Å². The van der Waals surface area contributed by atoms with Gasteiger partial charge in [0.25, 0.3) is 11.6 Å². The van der Waals surface area contributed by atoms with Crippen LogP contribution in [-0.2, 0) is 0 Å². The normalized spacial score (nSPS) is 10.5. The van der Waals surface area contributed by atoms with Crippen LogP contribution in [0.2, 0.25) is 0 Å². The maximum Gasteiger partial charge on any atom is 0.270 e. The number of hydrogen-bond donors (Lipinski definition) is 1. The highest BCUT2D eigenvalue weighted by atomic mass is 32.2. The third kappa shape index (κ3) is 4.68. The van der Waals surface area contributed by atoms with Gasteiger partial charge in [-0.25, -0.2) is 9.37 Å². The van der Waals surface area contributed by atoms with Crippen LogP contribution in [0.5, 0.6) is 0 Å². The molecule has 0 fully saturated rings. The van der Waals surface area contributed by atoms with Crippen molar-refractivity contribution in [3.05, 3.63) is 82.3 Å². The molecule has 0 spiro atoms. The molecule has 1 amide bonds. The van der Waals surface area contributed by atoms with Crippen LogP contribution in [0.15, 0.2) is 75.6 Å². The first-order valence-corrected chi connectivity index (χ1v) is 10.0. The van der Waals surface area contributed by atoms with Gasteiger partial charge in [-0.2, -0.15) is 0 Å². The summed E-state index contributed by atoms with van der Waals surface area (Å²) in [5.41, 5.74) is 0.312. The van der Waals surface area contributed by atoms with Crippen LogP contribution < -0.4 is 5.32 Å². The zero-order chi connectivity index (χ0) is 20.1. The molecule has 9 heteroatoms. The number of halogens is 1. The highest BCUT2D eigenvalue weighted by molar-refractivity contribution is 7.99. The van der Waals surface area contributed by atoms with Crippen molar-refractivity contribution in [3.63, 3.8) is 0 Å².